The molecule has 0 radical (unpaired) electrons. The van der Waals surface area contributed by atoms with Crippen LogP contribution in [0, 0.1) is 6.92 Å². The number of carbonyl (C=O) groups is 1. The Morgan fingerprint density at radius 1 is 1.17 bits per heavy atom. The number of aryl methyl sites for hydroxylation is 1. The fraction of sp³-hybridized carbons (Fsp3) is 0.421. The van der Waals surface area contributed by atoms with E-state index in [1.54, 1.807) is 0 Å². The number of benzene rings is 1. The SMILES string of the molecule is CCNc1nc(C)cc(N2CCN(C(=O)c3ccccc3S(=O)(=O)C(F)F)CC2)n1. The summed E-state index contributed by atoms with van der Waals surface area (Å²) < 4.78 is 49.9. The Bertz CT molecular complexity index is 1020. The number of piperazine rings is 1. The number of alkyl halides is 2. The molecule has 30 heavy (non-hydrogen) atoms. The van der Waals surface area contributed by atoms with Crippen LogP contribution in [-0.2, 0) is 9.84 Å². The van der Waals surface area contributed by atoms with Gasteiger partial charge in [-0.25, -0.2) is 13.4 Å². The lowest BCUT2D eigenvalue weighted by Crippen LogP contribution is -2.49. The zero-order valence-corrected chi connectivity index (χ0v) is 17.5. The molecule has 1 fully saturated rings. The third-order valence-corrected chi connectivity index (χ3v) is 6.16. The Labute approximate surface area is 173 Å². The minimum Gasteiger partial charge on any atom is -0.354 e. The molecule has 11 heteroatoms. The maximum atomic E-state index is 13.0. The van der Waals surface area contributed by atoms with Crippen LogP contribution in [0.4, 0.5) is 20.5 Å². The number of anilines is 2. The first-order chi connectivity index (χ1) is 14.2. The van der Waals surface area contributed by atoms with E-state index in [0.29, 0.717) is 38.7 Å². The van der Waals surface area contributed by atoms with Crippen molar-refractivity contribution in [2.24, 2.45) is 0 Å². The third-order valence-electron chi connectivity index (χ3n) is 4.73. The van der Waals surface area contributed by atoms with Crippen LogP contribution in [0.15, 0.2) is 35.2 Å². The maximum absolute atomic E-state index is 13.0. The highest BCUT2D eigenvalue weighted by Crippen LogP contribution is 2.24. The highest BCUT2D eigenvalue weighted by atomic mass is 32.2. The van der Waals surface area contributed by atoms with Gasteiger partial charge in [-0.2, -0.15) is 13.8 Å². The molecule has 2 aromatic rings. The molecular formula is C19H23F2N5O3S. The predicted octanol–water partition coefficient (Wildman–Crippen LogP) is 2.18. The van der Waals surface area contributed by atoms with E-state index in [1.165, 1.54) is 23.1 Å². The molecule has 0 atom stereocenters. The zero-order valence-electron chi connectivity index (χ0n) is 16.7. The third kappa shape index (κ3) is 4.50. The molecule has 0 bridgehead atoms. The molecule has 0 spiro atoms. The number of halogens is 2. The van der Waals surface area contributed by atoms with Gasteiger partial charge in [-0.1, -0.05) is 12.1 Å². The number of sulfone groups is 1. The number of nitrogens with one attached hydrogen (secondary N) is 1. The molecule has 1 amide bonds. The van der Waals surface area contributed by atoms with Gasteiger partial charge < -0.3 is 15.1 Å². The van der Waals surface area contributed by atoms with E-state index < -0.39 is 26.4 Å². The lowest BCUT2D eigenvalue weighted by Gasteiger charge is -2.35. The van der Waals surface area contributed by atoms with Crippen LogP contribution in [0.5, 0.6) is 0 Å². The van der Waals surface area contributed by atoms with Gasteiger partial charge >= 0.3 is 5.76 Å². The van der Waals surface area contributed by atoms with E-state index in [9.17, 15) is 22.0 Å². The average Bonchev–Trinajstić information content (AvgIpc) is 2.73. The first-order valence-electron chi connectivity index (χ1n) is 9.49. The fourth-order valence-corrected chi connectivity index (χ4v) is 4.17. The average molecular weight is 439 g/mol. The molecule has 0 saturated carbocycles. The standard InChI is InChI=1S/C19H23F2N5O3S/c1-3-22-19-23-13(2)12-16(24-19)25-8-10-26(11-9-25)17(27)14-6-4-5-7-15(14)30(28,29)18(20)21/h4-7,12,18H,3,8-11H2,1-2H3,(H,22,23,24). The highest BCUT2D eigenvalue weighted by molar-refractivity contribution is 7.91. The van der Waals surface area contributed by atoms with Crippen molar-refractivity contribution in [3.8, 4) is 0 Å². The fourth-order valence-electron chi connectivity index (χ4n) is 3.25. The van der Waals surface area contributed by atoms with Gasteiger partial charge in [0, 0.05) is 44.5 Å². The topological polar surface area (TPSA) is 95.5 Å². The van der Waals surface area contributed by atoms with Crippen molar-refractivity contribution in [2.45, 2.75) is 24.5 Å². The number of amides is 1. The van der Waals surface area contributed by atoms with Crippen LogP contribution in [0.3, 0.4) is 0 Å². The second-order valence-electron chi connectivity index (χ2n) is 6.80. The van der Waals surface area contributed by atoms with Crippen molar-refractivity contribution >= 4 is 27.5 Å². The molecule has 8 nitrogen and oxygen atoms in total. The number of hydrogen-bond acceptors (Lipinski definition) is 7. The van der Waals surface area contributed by atoms with Crippen molar-refractivity contribution in [3.05, 3.63) is 41.6 Å². The molecule has 162 valence electrons. The Morgan fingerprint density at radius 3 is 2.47 bits per heavy atom. The van der Waals surface area contributed by atoms with Crippen LogP contribution in [0.1, 0.15) is 23.0 Å². The molecule has 1 aliphatic rings. The Balaban J connectivity index is 1.76. The molecular weight excluding hydrogens is 416 g/mol. The summed E-state index contributed by atoms with van der Waals surface area (Å²) in [7, 11) is -4.88. The largest absolute Gasteiger partial charge is 0.354 e. The normalized spacial score (nSPS) is 14.8. The summed E-state index contributed by atoms with van der Waals surface area (Å²) in [6, 6.07) is 6.93. The van der Waals surface area contributed by atoms with Crippen molar-refractivity contribution in [3.63, 3.8) is 0 Å². The Hall–Kier alpha value is -2.82. The number of rotatable bonds is 6. The van der Waals surface area contributed by atoms with Gasteiger partial charge in [0.25, 0.3) is 5.91 Å². The quantitative estimate of drug-likeness (QED) is 0.737. The van der Waals surface area contributed by atoms with Crippen molar-refractivity contribution in [1.82, 2.24) is 14.9 Å². The molecule has 1 aliphatic heterocycles. The molecule has 3 rings (SSSR count). The monoisotopic (exact) mass is 439 g/mol. The second-order valence-corrected chi connectivity index (χ2v) is 8.69. The zero-order chi connectivity index (χ0) is 21.9. The van der Waals surface area contributed by atoms with E-state index in [-0.39, 0.29) is 5.56 Å². The van der Waals surface area contributed by atoms with E-state index >= 15 is 0 Å². The van der Waals surface area contributed by atoms with E-state index in [4.69, 9.17) is 0 Å². The summed E-state index contributed by atoms with van der Waals surface area (Å²) in [5.41, 5.74) is 0.569. The molecule has 0 aliphatic carbocycles. The summed E-state index contributed by atoms with van der Waals surface area (Å²) >= 11 is 0. The van der Waals surface area contributed by atoms with Crippen molar-refractivity contribution in [1.29, 1.82) is 0 Å². The van der Waals surface area contributed by atoms with Crippen LogP contribution in [-0.4, -0.2) is 67.7 Å². The molecule has 1 aromatic heterocycles. The lowest BCUT2D eigenvalue weighted by atomic mass is 10.2. The first kappa shape index (κ1) is 21.9. The van der Waals surface area contributed by atoms with E-state index in [0.717, 1.165) is 17.6 Å². The van der Waals surface area contributed by atoms with Gasteiger partial charge in [0.05, 0.1) is 10.5 Å². The second kappa shape index (κ2) is 8.90. The Kier molecular flexibility index (Phi) is 6.49. The number of nitrogens with zero attached hydrogens (tertiary/aromatic N) is 4. The van der Waals surface area contributed by atoms with Gasteiger partial charge in [0.1, 0.15) is 5.82 Å². The first-order valence-corrected chi connectivity index (χ1v) is 11.0. The van der Waals surface area contributed by atoms with Gasteiger partial charge in [-0.15, -0.1) is 0 Å². The van der Waals surface area contributed by atoms with Gasteiger partial charge in [0.2, 0.25) is 15.8 Å². The number of aromatic nitrogens is 2. The highest BCUT2D eigenvalue weighted by Gasteiger charge is 2.33. The summed E-state index contributed by atoms with van der Waals surface area (Å²) in [5, 5.41) is 3.07. The summed E-state index contributed by atoms with van der Waals surface area (Å²) in [4.78, 5) is 24.5. The minimum atomic E-state index is -4.88. The van der Waals surface area contributed by atoms with Gasteiger partial charge in [0.15, 0.2) is 0 Å². The molecule has 1 aromatic carbocycles. The maximum Gasteiger partial charge on any atom is 0.341 e. The summed E-state index contributed by atoms with van der Waals surface area (Å²) in [6.07, 6.45) is 0. The van der Waals surface area contributed by atoms with Crippen LogP contribution in [0.25, 0.3) is 0 Å². The Morgan fingerprint density at radius 2 is 1.83 bits per heavy atom. The van der Waals surface area contributed by atoms with E-state index in [1.807, 2.05) is 24.8 Å². The van der Waals surface area contributed by atoms with Gasteiger partial charge in [-0.05, 0) is 26.0 Å². The van der Waals surface area contributed by atoms with Crippen LogP contribution in [0.2, 0.25) is 0 Å². The number of hydrogen-bond donors (Lipinski definition) is 1. The molecule has 1 N–H and O–H groups in total. The summed E-state index contributed by atoms with van der Waals surface area (Å²) in [5.74, 6) is -2.92. The molecule has 1 saturated heterocycles. The van der Waals surface area contributed by atoms with Gasteiger partial charge in [-0.3, -0.25) is 4.79 Å². The smallest absolute Gasteiger partial charge is 0.341 e. The molecule has 2 heterocycles. The van der Waals surface area contributed by atoms with Crippen LogP contribution < -0.4 is 10.2 Å². The summed E-state index contributed by atoms with van der Waals surface area (Å²) in [6.45, 7) is 6.05. The molecule has 0 unspecified atom stereocenters. The number of carbonyl (C=O) groups excluding carboxylic acids is 1. The predicted molar refractivity (Wildman–Crippen MR) is 109 cm³/mol. The van der Waals surface area contributed by atoms with E-state index in [2.05, 4.69) is 15.3 Å². The lowest BCUT2D eigenvalue weighted by molar-refractivity contribution is 0.0742. The van der Waals surface area contributed by atoms with Crippen LogP contribution >= 0.6 is 0 Å². The van der Waals surface area contributed by atoms with Crippen molar-refractivity contribution in [2.75, 3.05) is 42.9 Å². The van der Waals surface area contributed by atoms with Crippen molar-refractivity contribution < 1.29 is 22.0 Å². The minimum absolute atomic E-state index is 0.237.